The molecule has 0 saturated carbocycles. The lowest BCUT2D eigenvalue weighted by Gasteiger charge is -2.07. The molecule has 5 nitrogen and oxygen atoms in total. The Morgan fingerprint density at radius 3 is 3.00 bits per heavy atom. The highest BCUT2D eigenvalue weighted by Gasteiger charge is 1.95. The molecule has 0 aliphatic heterocycles. The first-order valence-corrected chi connectivity index (χ1v) is 6.70. The Hall–Kier alpha value is -1.62. The molecule has 0 bridgehead atoms. The second-order valence-electron chi connectivity index (χ2n) is 4.73. The smallest absolute Gasteiger partial charge is 0.188 e. The maximum absolute atomic E-state index is 5.74. The van der Waals surface area contributed by atoms with E-state index in [1.54, 1.807) is 6.20 Å². The topological polar surface area (TPSA) is 72.5 Å². The quantitative estimate of drug-likeness (QED) is 0.420. The standard InChI is InChI=1S/C14H24N4O/c1-12(2)11-19-10-9-18-14(15)17-8-6-13-5-3-4-7-16-13/h3-5,7,12H,6,8-11H2,1-2H3,(H3,15,17,18). The van der Waals surface area contributed by atoms with Crippen LogP contribution in [0.4, 0.5) is 0 Å². The number of guanidine groups is 1. The Bertz CT molecular complexity index is 365. The van der Waals surface area contributed by atoms with E-state index in [1.165, 1.54) is 0 Å². The molecular formula is C14H24N4O. The summed E-state index contributed by atoms with van der Waals surface area (Å²) in [6.07, 6.45) is 2.62. The van der Waals surface area contributed by atoms with Gasteiger partial charge in [0.25, 0.3) is 0 Å². The molecule has 19 heavy (non-hydrogen) atoms. The molecule has 1 aromatic heterocycles. The largest absolute Gasteiger partial charge is 0.379 e. The molecule has 0 radical (unpaired) electrons. The van der Waals surface area contributed by atoms with E-state index in [0.717, 1.165) is 25.3 Å². The number of rotatable bonds is 8. The Morgan fingerprint density at radius 1 is 1.47 bits per heavy atom. The zero-order chi connectivity index (χ0) is 13.9. The molecule has 0 aromatic carbocycles. The predicted molar refractivity (Wildman–Crippen MR) is 78.1 cm³/mol. The third-order valence-corrected chi connectivity index (χ3v) is 2.38. The van der Waals surface area contributed by atoms with Crippen LogP contribution in [0.3, 0.4) is 0 Å². The maximum atomic E-state index is 5.74. The Labute approximate surface area is 115 Å². The van der Waals surface area contributed by atoms with Gasteiger partial charge >= 0.3 is 0 Å². The van der Waals surface area contributed by atoms with Crippen molar-refractivity contribution in [1.82, 2.24) is 10.3 Å². The number of nitrogens with zero attached hydrogens (tertiary/aromatic N) is 2. The minimum atomic E-state index is 0.462. The molecule has 0 unspecified atom stereocenters. The van der Waals surface area contributed by atoms with Crippen molar-refractivity contribution in [2.24, 2.45) is 16.6 Å². The van der Waals surface area contributed by atoms with Gasteiger partial charge in [-0.1, -0.05) is 19.9 Å². The van der Waals surface area contributed by atoms with Crippen LogP contribution in [0.2, 0.25) is 0 Å². The van der Waals surface area contributed by atoms with Crippen LogP contribution in [-0.4, -0.2) is 37.2 Å². The van der Waals surface area contributed by atoms with Crippen molar-refractivity contribution in [2.75, 3.05) is 26.3 Å². The highest BCUT2D eigenvalue weighted by Crippen LogP contribution is 1.93. The van der Waals surface area contributed by atoms with Crippen molar-refractivity contribution in [3.05, 3.63) is 30.1 Å². The van der Waals surface area contributed by atoms with Crippen LogP contribution in [0.15, 0.2) is 29.4 Å². The Balaban J connectivity index is 2.08. The first-order valence-electron chi connectivity index (χ1n) is 6.70. The predicted octanol–water partition coefficient (Wildman–Crippen LogP) is 1.20. The molecule has 0 aliphatic carbocycles. The molecule has 0 saturated heterocycles. The molecule has 0 atom stereocenters. The van der Waals surface area contributed by atoms with Crippen molar-refractivity contribution < 1.29 is 4.74 Å². The van der Waals surface area contributed by atoms with E-state index < -0.39 is 0 Å². The first-order chi connectivity index (χ1) is 9.18. The van der Waals surface area contributed by atoms with Gasteiger partial charge in [0.05, 0.1) is 13.2 Å². The summed E-state index contributed by atoms with van der Waals surface area (Å²) in [4.78, 5) is 8.43. The zero-order valence-electron chi connectivity index (χ0n) is 11.8. The third kappa shape index (κ3) is 8.15. The molecule has 0 fully saturated rings. The number of hydrogen-bond donors (Lipinski definition) is 2. The van der Waals surface area contributed by atoms with Crippen LogP contribution in [-0.2, 0) is 11.2 Å². The van der Waals surface area contributed by atoms with Gasteiger partial charge in [0.1, 0.15) is 0 Å². The highest BCUT2D eigenvalue weighted by molar-refractivity contribution is 5.77. The molecular weight excluding hydrogens is 240 g/mol. The van der Waals surface area contributed by atoms with E-state index in [2.05, 4.69) is 29.1 Å². The van der Waals surface area contributed by atoms with Gasteiger partial charge in [0.2, 0.25) is 0 Å². The number of aliphatic imine (C=N–C) groups is 1. The SMILES string of the molecule is CC(C)COCCN=C(N)NCCc1ccccn1. The van der Waals surface area contributed by atoms with E-state index >= 15 is 0 Å². The average molecular weight is 264 g/mol. The summed E-state index contributed by atoms with van der Waals surface area (Å²) in [7, 11) is 0. The van der Waals surface area contributed by atoms with Gasteiger partial charge in [-0.05, 0) is 18.1 Å². The van der Waals surface area contributed by atoms with E-state index in [1.807, 2.05) is 18.2 Å². The summed E-state index contributed by atoms with van der Waals surface area (Å²) < 4.78 is 5.42. The van der Waals surface area contributed by atoms with Crippen LogP contribution >= 0.6 is 0 Å². The second kappa shape index (κ2) is 9.33. The monoisotopic (exact) mass is 264 g/mol. The summed E-state index contributed by atoms with van der Waals surface area (Å²) in [5, 5.41) is 3.06. The van der Waals surface area contributed by atoms with Gasteiger partial charge in [-0.3, -0.25) is 9.98 Å². The molecule has 1 aromatic rings. The lowest BCUT2D eigenvalue weighted by Crippen LogP contribution is -2.33. The van der Waals surface area contributed by atoms with Crippen molar-refractivity contribution in [3.63, 3.8) is 0 Å². The fourth-order valence-electron chi connectivity index (χ4n) is 1.47. The summed E-state index contributed by atoms with van der Waals surface area (Å²) in [5.41, 5.74) is 6.79. The lowest BCUT2D eigenvalue weighted by atomic mass is 10.2. The van der Waals surface area contributed by atoms with Gasteiger partial charge in [0.15, 0.2) is 5.96 Å². The number of nitrogens with two attached hydrogens (primary N) is 1. The molecule has 0 aliphatic rings. The van der Waals surface area contributed by atoms with Crippen LogP contribution in [0.5, 0.6) is 0 Å². The molecule has 5 heteroatoms. The molecule has 0 spiro atoms. The third-order valence-electron chi connectivity index (χ3n) is 2.38. The van der Waals surface area contributed by atoms with E-state index in [9.17, 15) is 0 Å². The number of ether oxygens (including phenoxy) is 1. The Morgan fingerprint density at radius 2 is 2.32 bits per heavy atom. The summed E-state index contributed by atoms with van der Waals surface area (Å²) in [6, 6.07) is 5.88. The van der Waals surface area contributed by atoms with Gasteiger partial charge in [-0.2, -0.15) is 0 Å². The highest BCUT2D eigenvalue weighted by atomic mass is 16.5. The van der Waals surface area contributed by atoms with Crippen LogP contribution in [0.1, 0.15) is 19.5 Å². The van der Waals surface area contributed by atoms with Gasteiger partial charge in [0, 0.05) is 31.5 Å². The summed E-state index contributed by atoms with van der Waals surface area (Å²) in [5.74, 6) is 1.02. The zero-order valence-corrected chi connectivity index (χ0v) is 11.8. The van der Waals surface area contributed by atoms with Crippen LogP contribution in [0, 0.1) is 5.92 Å². The molecule has 1 heterocycles. The average Bonchev–Trinajstić information content (AvgIpc) is 2.39. The van der Waals surface area contributed by atoms with Crippen LogP contribution in [0.25, 0.3) is 0 Å². The molecule has 3 N–H and O–H groups in total. The summed E-state index contributed by atoms with van der Waals surface area (Å²) in [6.45, 7) is 6.95. The lowest BCUT2D eigenvalue weighted by molar-refractivity contribution is 0.117. The Kier molecular flexibility index (Phi) is 7.58. The van der Waals surface area contributed by atoms with Crippen molar-refractivity contribution in [3.8, 4) is 0 Å². The number of nitrogens with one attached hydrogen (secondary N) is 1. The minimum Gasteiger partial charge on any atom is -0.379 e. The molecule has 0 amide bonds. The van der Waals surface area contributed by atoms with Crippen molar-refractivity contribution in [2.45, 2.75) is 20.3 Å². The minimum absolute atomic E-state index is 0.462. The molecule has 106 valence electrons. The first kappa shape index (κ1) is 15.4. The maximum Gasteiger partial charge on any atom is 0.188 e. The second-order valence-corrected chi connectivity index (χ2v) is 4.73. The number of aromatic nitrogens is 1. The fraction of sp³-hybridized carbons (Fsp3) is 0.571. The van der Waals surface area contributed by atoms with E-state index in [-0.39, 0.29) is 0 Å². The van der Waals surface area contributed by atoms with E-state index in [0.29, 0.717) is 25.0 Å². The van der Waals surface area contributed by atoms with Gasteiger partial charge < -0.3 is 15.8 Å². The van der Waals surface area contributed by atoms with Gasteiger partial charge in [-0.15, -0.1) is 0 Å². The van der Waals surface area contributed by atoms with E-state index in [4.69, 9.17) is 10.5 Å². The number of pyridine rings is 1. The fourth-order valence-corrected chi connectivity index (χ4v) is 1.47. The normalized spacial score (nSPS) is 11.8. The summed E-state index contributed by atoms with van der Waals surface area (Å²) >= 11 is 0. The van der Waals surface area contributed by atoms with Crippen molar-refractivity contribution >= 4 is 5.96 Å². The number of hydrogen-bond acceptors (Lipinski definition) is 3. The van der Waals surface area contributed by atoms with Crippen LogP contribution < -0.4 is 11.1 Å². The van der Waals surface area contributed by atoms with Gasteiger partial charge in [-0.25, -0.2) is 0 Å². The van der Waals surface area contributed by atoms with Crippen molar-refractivity contribution in [1.29, 1.82) is 0 Å². The molecule has 1 rings (SSSR count).